The lowest BCUT2D eigenvalue weighted by Crippen LogP contribution is -2.37. The normalized spacial score (nSPS) is 10.6. The number of rotatable bonds is 8. The Labute approximate surface area is 117 Å². The Hall–Kier alpha value is -1.95. The molecule has 0 saturated carbocycles. The molecule has 0 aromatic heterocycles. The number of carboxylic acids is 1. The molecule has 0 unspecified atom stereocenters. The lowest BCUT2D eigenvalue weighted by atomic mass is 10.2. The predicted molar refractivity (Wildman–Crippen MR) is 72.6 cm³/mol. The second-order valence-electron chi connectivity index (χ2n) is 4.42. The lowest BCUT2D eigenvalue weighted by molar-refractivity contribution is -0.137. The SMILES string of the molecule is CCN(CCC(=O)O)CC(=O)NCc1ccc(F)cc1. The summed E-state index contributed by atoms with van der Waals surface area (Å²) in [6.45, 7) is 3.31. The molecule has 0 atom stereocenters. The van der Waals surface area contributed by atoms with E-state index < -0.39 is 5.97 Å². The molecule has 0 heterocycles. The molecular formula is C14H19FN2O3. The zero-order chi connectivity index (χ0) is 15.0. The number of likely N-dealkylation sites (N-methyl/N-ethyl adjacent to an activating group) is 1. The van der Waals surface area contributed by atoms with Crippen molar-refractivity contribution in [1.29, 1.82) is 0 Å². The third kappa shape index (κ3) is 6.29. The number of carbonyl (C=O) groups excluding carboxylic acids is 1. The van der Waals surface area contributed by atoms with E-state index in [0.717, 1.165) is 5.56 Å². The van der Waals surface area contributed by atoms with Crippen molar-refractivity contribution in [3.05, 3.63) is 35.6 Å². The maximum Gasteiger partial charge on any atom is 0.304 e. The van der Waals surface area contributed by atoms with E-state index >= 15 is 0 Å². The Morgan fingerprint density at radius 2 is 1.95 bits per heavy atom. The topological polar surface area (TPSA) is 69.6 Å². The molecule has 1 amide bonds. The molecule has 0 aliphatic rings. The Morgan fingerprint density at radius 1 is 1.30 bits per heavy atom. The van der Waals surface area contributed by atoms with Crippen LogP contribution in [0.3, 0.4) is 0 Å². The number of nitrogens with one attached hydrogen (secondary N) is 1. The second kappa shape index (κ2) is 8.27. The molecule has 20 heavy (non-hydrogen) atoms. The van der Waals surface area contributed by atoms with Crippen molar-refractivity contribution in [1.82, 2.24) is 10.2 Å². The first kappa shape index (κ1) is 16.1. The van der Waals surface area contributed by atoms with Gasteiger partial charge in [0.25, 0.3) is 0 Å². The van der Waals surface area contributed by atoms with Crippen LogP contribution < -0.4 is 5.32 Å². The van der Waals surface area contributed by atoms with Crippen molar-refractivity contribution >= 4 is 11.9 Å². The van der Waals surface area contributed by atoms with Crippen LogP contribution in [0.2, 0.25) is 0 Å². The molecule has 1 aromatic rings. The van der Waals surface area contributed by atoms with Crippen molar-refractivity contribution in [2.75, 3.05) is 19.6 Å². The van der Waals surface area contributed by atoms with Crippen LogP contribution in [0.5, 0.6) is 0 Å². The van der Waals surface area contributed by atoms with Gasteiger partial charge in [0.2, 0.25) is 5.91 Å². The number of hydrogen-bond donors (Lipinski definition) is 2. The molecule has 0 saturated heterocycles. The van der Waals surface area contributed by atoms with Crippen molar-refractivity contribution < 1.29 is 19.1 Å². The highest BCUT2D eigenvalue weighted by molar-refractivity contribution is 5.78. The van der Waals surface area contributed by atoms with Gasteiger partial charge in [0.1, 0.15) is 5.82 Å². The van der Waals surface area contributed by atoms with E-state index in [1.165, 1.54) is 12.1 Å². The summed E-state index contributed by atoms with van der Waals surface area (Å²) in [5, 5.41) is 11.3. The van der Waals surface area contributed by atoms with Crippen molar-refractivity contribution in [3.8, 4) is 0 Å². The maximum absolute atomic E-state index is 12.7. The first-order valence-corrected chi connectivity index (χ1v) is 6.46. The van der Waals surface area contributed by atoms with Gasteiger partial charge >= 0.3 is 5.97 Å². The highest BCUT2D eigenvalue weighted by atomic mass is 19.1. The van der Waals surface area contributed by atoms with Crippen molar-refractivity contribution in [3.63, 3.8) is 0 Å². The van der Waals surface area contributed by atoms with Crippen molar-refractivity contribution in [2.24, 2.45) is 0 Å². The molecule has 1 aromatic carbocycles. The van der Waals surface area contributed by atoms with Crippen LogP contribution in [0.1, 0.15) is 18.9 Å². The monoisotopic (exact) mass is 282 g/mol. The minimum absolute atomic E-state index is 0.0130. The van der Waals surface area contributed by atoms with Crippen LogP contribution in [0.25, 0.3) is 0 Å². The van der Waals surface area contributed by atoms with Gasteiger partial charge in [-0.1, -0.05) is 19.1 Å². The van der Waals surface area contributed by atoms with Gasteiger partial charge < -0.3 is 10.4 Å². The average Bonchev–Trinajstić information content (AvgIpc) is 2.42. The van der Waals surface area contributed by atoms with Crippen LogP contribution in [0.4, 0.5) is 4.39 Å². The minimum atomic E-state index is -0.879. The molecule has 1 rings (SSSR count). The van der Waals surface area contributed by atoms with Crippen LogP contribution in [0, 0.1) is 5.82 Å². The molecule has 6 heteroatoms. The first-order chi connectivity index (χ1) is 9.51. The molecule has 110 valence electrons. The fourth-order valence-electron chi connectivity index (χ4n) is 1.66. The highest BCUT2D eigenvalue weighted by Crippen LogP contribution is 2.02. The van der Waals surface area contributed by atoms with Gasteiger partial charge in [-0.25, -0.2) is 4.39 Å². The Balaban J connectivity index is 2.34. The van der Waals surface area contributed by atoms with E-state index in [2.05, 4.69) is 5.32 Å². The molecule has 5 nitrogen and oxygen atoms in total. The number of carbonyl (C=O) groups is 2. The summed E-state index contributed by atoms with van der Waals surface area (Å²) in [6.07, 6.45) is 0.0130. The predicted octanol–water partition coefficient (Wildman–Crippen LogP) is 1.24. The van der Waals surface area contributed by atoms with E-state index in [9.17, 15) is 14.0 Å². The van der Waals surface area contributed by atoms with Gasteiger partial charge in [-0.05, 0) is 24.2 Å². The smallest absolute Gasteiger partial charge is 0.304 e. The van der Waals surface area contributed by atoms with Crippen LogP contribution in [0.15, 0.2) is 24.3 Å². The van der Waals surface area contributed by atoms with Gasteiger partial charge in [0.05, 0.1) is 13.0 Å². The number of aliphatic carboxylic acids is 1. The zero-order valence-electron chi connectivity index (χ0n) is 11.4. The molecule has 0 bridgehead atoms. The van der Waals surface area contributed by atoms with E-state index in [1.807, 2.05) is 6.92 Å². The maximum atomic E-state index is 12.7. The number of benzene rings is 1. The molecule has 0 aliphatic carbocycles. The highest BCUT2D eigenvalue weighted by Gasteiger charge is 2.10. The third-order valence-electron chi connectivity index (χ3n) is 2.86. The Kier molecular flexibility index (Phi) is 6.66. The van der Waals surface area contributed by atoms with Gasteiger partial charge in [-0.3, -0.25) is 14.5 Å². The molecule has 0 aliphatic heterocycles. The lowest BCUT2D eigenvalue weighted by Gasteiger charge is -2.18. The number of halogens is 1. The summed E-state index contributed by atoms with van der Waals surface area (Å²) < 4.78 is 12.7. The van der Waals surface area contributed by atoms with Crippen LogP contribution in [-0.2, 0) is 16.1 Å². The van der Waals surface area contributed by atoms with Gasteiger partial charge in [-0.2, -0.15) is 0 Å². The van der Waals surface area contributed by atoms with Crippen LogP contribution >= 0.6 is 0 Å². The fraction of sp³-hybridized carbons (Fsp3) is 0.429. The molecular weight excluding hydrogens is 263 g/mol. The van der Waals surface area contributed by atoms with Gasteiger partial charge in [-0.15, -0.1) is 0 Å². The largest absolute Gasteiger partial charge is 0.481 e. The number of nitrogens with zero attached hydrogens (tertiary/aromatic N) is 1. The summed E-state index contributed by atoms with van der Waals surface area (Å²) in [6, 6.07) is 5.90. The third-order valence-corrected chi connectivity index (χ3v) is 2.86. The fourth-order valence-corrected chi connectivity index (χ4v) is 1.66. The Morgan fingerprint density at radius 3 is 2.50 bits per heavy atom. The van der Waals surface area contributed by atoms with E-state index in [-0.39, 0.29) is 24.7 Å². The standard InChI is InChI=1S/C14H19FN2O3/c1-2-17(8-7-14(19)20)10-13(18)16-9-11-3-5-12(15)6-4-11/h3-6H,2,7-10H2,1H3,(H,16,18)(H,19,20). The summed E-state index contributed by atoms with van der Waals surface area (Å²) in [4.78, 5) is 24.0. The summed E-state index contributed by atoms with van der Waals surface area (Å²) in [5.41, 5.74) is 0.813. The zero-order valence-corrected chi connectivity index (χ0v) is 11.4. The summed E-state index contributed by atoms with van der Waals surface area (Å²) >= 11 is 0. The Bertz CT molecular complexity index is 448. The van der Waals surface area contributed by atoms with Crippen molar-refractivity contribution in [2.45, 2.75) is 19.9 Å². The summed E-state index contributed by atoms with van der Waals surface area (Å²) in [7, 11) is 0. The first-order valence-electron chi connectivity index (χ1n) is 6.46. The molecule has 0 radical (unpaired) electrons. The minimum Gasteiger partial charge on any atom is -0.481 e. The van der Waals surface area contributed by atoms with E-state index in [4.69, 9.17) is 5.11 Å². The van der Waals surface area contributed by atoms with E-state index in [1.54, 1.807) is 17.0 Å². The quantitative estimate of drug-likeness (QED) is 0.752. The van der Waals surface area contributed by atoms with Crippen LogP contribution in [-0.4, -0.2) is 41.5 Å². The average molecular weight is 282 g/mol. The van der Waals surface area contributed by atoms with E-state index in [0.29, 0.717) is 19.6 Å². The van der Waals surface area contributed by atoms with Gasteiger partial charge in [0, 0.05) is 13.1 Å². The second-order valence-corrected chi connectivity index (χ2v) is 4.42. The molecule has 2 N–H and O–H groups in total. The molecule has 0 fully saturated rings. The number of amides is 1. The molecule has 0 spiro atoms. The van der Waals surface area contributed by atoms with Gasteiger partial charge in [0.15, 0.2) is 0 Å². The number of hydrogen-bond acceptors (Lipinski definition) is 3. The summed E-state index contributed by atoms with van der Waals surface area (Å²) in [5.74, 6) is -1.37. The number of carboxylic acid groups (broad SMARTS) is 1.